The Morgan fingerprint density at radius 2 is 1.95 bits per heavy atom. The highest BCUT2D eigenvalue weighted by molar-refractivity contribution is 7.05. The lowest BCUT2D eigenvalue weighted by Gasteiger charge is -2.15. The van der Waals surface area contributed by atoms with E-state index in [1.54, 1.807) is 12.1 Å². The van der Waals surface area contributed by atoms with Gasteiger partial charge < -0.3 is 10.1 Å². The van der Waals surface area contributed by atoms with Crippen LogP contribution in [0.25, 0.3) is 0 Å². The number of ether oxygens (including phenoxy) is 1. The Bertz CT molecular complexity index is 583. The van der Waals surface area contributed by atoms with Crippen LogP contribution >= 0.6 is 11.5 Å². The van der Waals surface area contributed by atoms with Crippen molar-refractivity contribution in [3.05, 3.63) is 40.4 Å². The molecule has 0 aliphatic carbocycles. The number of nitrogens with one attached hydrogen (secondary N) is 1. The van der Waals surface area contributed by atoms with Gasteiger partial charge >= 0.3 is 6.36 Å². The molecule has 2 aromatic rings. The molecule has 1 unspecified atom stereocenters. The van der Waals surface area contributed by atoms with E-state index in [4.69, 9.17) is 0 Å². The largest absolute Gasteiger partial charge is 0.573 e. The van der Waals surface area contributed by atoms with Crippen molar-refractivity contribution in [3.8, 4) is 5.75 Å². The molecule has 0 spiro atoms. The van der Waals surface area contributed by atoms with Gasteiger partial charge in [0, 0.05) is 6.04 Å². The van der Waals surface area contributed by atoms with Crippen molar-refractivity contribution in [2.45, 2.75) is 25.7 Å². The number of hydrogen-bond acceptors (Lipinski definition) is 5. The number of benzene rings is 1. The zero-order chi connectivity index (χ0) is 15.5. The summed E-state index contributed by atoms with van der Waals surface area (Å²) in [6.45, 7) is 1.88. The molecule has 2 rings (SSSR count). The summed E-state index contributed by atoms with van der Waals surface area (Å²) in [7, 11) is 1.82. The molecule has 0 bridgehead atoms. The van der Waals surface area contributed by atoms with Crippen LogP contribution in [0.1, 0.15) is 22.2 Å². The summed E-state index contributed by atoms with van der Waals surface area (Å²) in [5.74, 6) is -0.220. The van der Waals surface area contributed by atoms with Crippen molar-refractivity contribution in [1.29, 1.82) is 0 Å². The molecule has 8 heteroatoms. The summed E-state index contributed by atoms with van der Waals surface area (Å²) in [6, 6.07) is 5.89. The van der Waals surface area contributed by atoms with Crippen molar-refractivity contribution >= 4 is 11.5 Å². The van der Waals surface area contributed by atoms with Gasteiger partial charge in [-0.1, -0.05) is 16.6 Å². The van der Waals surface area contributed by atoms with Crippen molar-refractivity contribution in [3.63, 3.8) is 0 Å². The van der Waals surface area contributed by atoms with Crippen LogP contribution in [0.3, 0.4) is 0 Å². The molecule has 1 atom stereocenters. The molecule has 0 aliphatic heterocycles. The molecule has 1 aromatic heterocycles. The van der Waals surface area contributed by atoms with Gasteiger partial charge in [0.15, 0.2) is 0 Å². The number of halogens is 3. The van der Waals surface area contributed by atoms with E-state index in [1.165, 1.54) is 23.7 Å². The van der Waals surface area contributed by atoms with Crippen LogP contribution in [-0.4, -0.2) is 23.0 Å². The lowest BCUT2D eigenvalue weighted by Crippen LogP contribution is -2.19. The average molecular weight is 317 g/mol. The molecule has 1 heterocycles. The van der Waals surface area contributed by atoms with Crippen molar-refractivity contribution in [2.75, 3.05) is 7.05 Å². The molecule has 0 aliphatic rings. The quantitative estimate of drug-likeness (QED) is 0.919. The van der Waals surface area contributed by atoms with E-state index in [0.29, 0.717) is 6.42 Å². The summed E-state index contributed by atoms with van der Waals surface area (Å²) < 4.78 is 44.0. The number of likely N-dealkylation sites (N-methyl/N-ethyl adjacent to an activating group) is 1. The van der Waals surface area contributed by atoms with Gasteiger partial charge in [-0.2, -0.15) is 0 Å². The second-order valence-electron chi connectivity index (χ2n) is 4.46. The first-order chi connectivity index (χ1) is 9.89. The second kappa shape index (κ2) is 6.40. The van der Waals surface area contributed by atoms with E-state index < -0.39 is 6.36 Å². The highest BCUT2D eigenvalue weighted by atomic mass is 32.1. The van der Waals surface area contributed by atoms with Gasteiger partial charge in [0.2, 0.25) is 0 Å². The van der Waals surface area contributed by atoms with E-state index in [-0.39, 0.29) is 11.8 Å². The number of nitrogens with zero attached hydrogens (tertiary/aromatic N) is 2. The smallest absolute Gasteiger partial charge is 0.406 e. The van der Waals surface area contributed by atoms with E-state index >= 15 is 0 Å². The lowest BCUT2D eigenvalue weighted by molar-refractivity contribution is -0.274. The number of hydrogen-bond donors (Lipinski definition) is 1. The van der Waals surface area contributed by atoms with E-state index in [0.717, 1.165) is 16.1 Å². The average Bonchev–Trinajstić information content (AvgIpc) is 2.82. The Labute approximate surface area is 124 Å². The third kappa shape index (κ3) is 4.40. The summed E-state index contributed by atoms with van der Waals surface area (Å²) >= 11 is 1.32. The first-order valence-corrected chi connectivity index (χ1v) is 6.97. The summed E-state index contributed by atoms with van der Waals surface area (Å²) in [5, 5.41) is 7.13. The van der Waals surface area contributed by atoms with Crippen molar-refractivity contribution in [1.82, 2.24) is 14.9 Å². The predicted molar refractivity (Wildman–Crippen MR) is 73.3 cm³/mol. The number of aromatic nitrogens is 2. The Morgan fingerprint density at radius 3 is 2.43 bits per heavy atom. The molecule has 0 saturated heterocycles. The van der Waals surface area contributed by atoms with Gasteiger partial charge in [-0.25, -0.2) is 0 Å². The van der Waals surface area contributed by atoms with Crippen LogP contribution in [0.4, 0.5) is 13.2 Å². The first-order valence-electron chi connectivity index (χ1n) is 6.20. The molecule has 21 heavy (non-hydrogen) atoms. The monoisotopic (exact) mass is 317 g/mol. The first kappa shape index (κ1) is 15.7. The number of alkyl halides is 3. The number of rotatable bonds is 5. The third-order valence-corrected chi connectivity index (χ3v) is 3.89. The van der Waals surface area contributed by atoms with Crippen LogP contribution in [-0.2, 0) is 6.42 Å². The maximum Gasteiger partial charge on any atom is 0.573 e. The van der Waals surface area contributed by atoms with Crippen LogP contribution in [0, 0.1) is 6.92 Å². The van der Waals surface area contributed by atoms with Gasteiger partial charge in [-0.15, -0.1) is 18.3 Å². The normalized spacial score (nSPS) is 13.2. The summed E-state index contributed by atoms with van der Waals surface area (Å²) in [6.07, 6.45) is -4.03. The molecular weight excluding hydrogens is 303 g/mol. The van der Waals surface area contributed by atoms with Gasteiger partial charge in [0.25, 0.3) is 0 Å². The molecule has 0 fully saturated rings. The molecule has 0 saturated carbocycles. The fraction of sp³-hybridized carbons (Fsp3) is 0.385. The molecule has 0 amide bonds. The molecule has 0 radical (unpaired) electrons. The van der Waals surface area contributed by atoms with E-state index in [2.05, 4.69) is 19.6 Å². The molecule has 4 nitrogen and oxygen atoms in total. The van der Waals surface area contributed by atoms with E-state index in [1.807, 2.05) is 14.0 Å². The minimum atomic E-state index is -4.67. The van der Waals surface area contributed by atoms with Crippen molar-refractivity contribution < 1.29 is 17.9 Å². The topological polar surface area (TPSA) is 47.0 Å². The maximum atomic E-state index is 12.1. The van der Waals surface area contributed by atoms with Crippen LogP contribution in [0.5, 0.6) is 5.75 Å². The lowest BCUT2D eigenvalue weighted by atomic mass is 10.0. The summed E-state index contributed by atoms with van der Waals surface area (Å²) in [5.41, 5.74) is 1.76. The summed E-state index contributed by atoms with van der Waals surface area (Å²) in [4.78, 5) is 1.02. The van der Waals surface area contributed by atoms with E-state index in [9.17, 15) is 13.2 Å². The second-order valence-corrected chi connectivity index (χ2v) is 5.25. The Balaban J connectivity index is 2.07. The number of aryl methyl sites for hydroxylation is 1. The Morgan fingerprint density at radius 1 is 1.29 bits per heavy atom. The van der Waals surface area contributed by atoms with Gasteiger partial charge in [0.05, 0.1) is 10.6 Å². The Hall–Kier alpha value is -1.67. The Kier molecular flexibility index (Phi) is 4.79. The minimum Gasteiger partial charge on any atom is -0.406 e. The minimum absolute atomic E-state index is 0.0272. The van der Waals surface area contributed by atoms with Gasteiger partial charge in [0.1, 0.15) is 5.75 Å². The zero-order valence-corrected chi connectivity index (χ0v) is 12.3. The van der Waals surface area contributed by atoms with Crippen LogP contribution in [0.15, 0.2) is 24.3 Å². The third-order valence-electron chi connectivity index (χ3n) is 2.95. The standard InChI is InChI=1S/C13H14F3N3OS/c1-8-12(21-19-18-8)11(17-2)7-9-3-5-10(6-4-9)20-13(14,15)16/h3-6,11,17H,7H2,1-2H3. The fourth-order valence-corrected chi connectivity index (χ4v) is 2.70. The highest BCUT2D eigenvalue weighted by Crippen LogP contribution is 2.26. The predicted octanol–water partition coefficient (Wildman–Crippen LogP) is 3.25. The van der Waals surface area contributed by atoms with Crippen LogP contribution in [0.2, 0.25) is 0 Å². The van der Waals surface area contributed by atoms with Gasteiger partial charge in [-0.3, -0.25) is 0 Å². The van der Waals surface area contributed by atoms with Crippen molar-refractivity contribution in [2.24, 2.45) is 0 Å². The molecular formula is C13H14F3N3OS. The maximum absolute atomic E-state index is 12.1. The highest BCUT2D eigenvalue weighted by Gasteiger charge is 2.31. The van der Waals surface area contributed by atoms with Crippen LogP contribution < -0.4 is 10.1 Å². The molecule has 1 aromatic carbocycles. The van der Waals surface area contributed by atoms with Gasteiger partial charge in [-0.05, 0) is 49.6 Å². The zero-order valence-electron chi connectivity index (χ0n) is 11.4. The SMILES string of the molecule is CNC(Cc1ccc(OC(F)(F)F)cc1)c1snnc1C. The molecule has 1 N–H and O–H groups in total. The molecule has 114 valence electrons. The fourth-order valence-electron chi connectivity index (χ4n) is 1.95.